The fraction of sp³-hybridized carbons (Fsp3) is 0.667. The molecule has 0 spiro atoms. The van der Waals surface area contributed by atoms with Crippen LogP contribution in [0.25, 0.3) is 0 Å². The Morgan fingerprint density at radius 1 is 1.00 bits per heavy atom. The van der Waals surface area contributed by atoms with Crippen molar-refractivity contribution >= 4 is 10.0 Å². The molecule has 0 aromatic heterocycles. The SMILES string of the molecule is CN1CCN(S(=O)(=O)[C@@H](c2ccccc2)C2(O)CCCCC2)CC1. The van der Waals surface area contributed by atoms with E-state index in [9.17, 15) is 13.5 Å². The van der Waals surface area contributed by atoms with Gasteiger partial charge in [0.2, 0.25) is 10.0 Å². The number of aliphatic hydroxyl groups is 1. The highest BCUT2D eigenvalue weighted by Crippen LogP contribution is 2.44. The third-order valence-corrected chi connectivity index (χ3v) is 7.82. The van der Waals surface area contributed by atoms with Crippen molar-refractivity contribution in [3.8, 4) is 0 Å². The number of hydrogen-bond acceptors (Lipinski definition) is 4. The highest BCUT2D eigenvalue weighted by atomic mass is 32.2. The van der Waals surface area contributed by atoms with E-state index in [2.05, 4.69) is 4.90 Å². The van der Waals surface area contributed by atoms with E-state index < -0.39 is 20.9 Å². The summed E-state index contributed by atoms with van der Waals surface area (Å²) in [5.74, 6) is 0. The average molecular weight is 353 g/mol. The molecular formula is C18H28N2O3S. The maximum atomic E-state index is 13.4. The number of benzene rings is 1. The quantitative estimate of drug-likeness (QED) is 0.900. The second-order valence-corrected chi connectivity index (χ2v) is 9.22. The molecular weight excluding hydrogens is 324 g/mol. The molecule has 6 heteroatoms. The van der Waals surface area contributed by atoms with Gasteiger partial charge < -0.3 is 10.0 Å². The lowest BCUT2D eigenvalue weighted by Crippen LogP contribution is -2.52. The number of rotatable bonds is 4. The van der Waals surface area contributed by atoms with Crippen molar-refractivity contribution < 1.29 is 13.5 Å². The zero-order chi connectivity index (χ0) is 17.2. The predicted molar refractivity (Wildman–Crippen MR) is 95.2 cm³/mol. The third-order valence-electron chi connectivity index (χ3n) is 5.43. The van der Waals surface area contributed by atoms with Crippen molar-refractivity contribution in [3.05, 3.63) is 35.9 Å². The van der Waals surface area contributed by atoms with Gasteiger partial charge in [0.15, 0.2) is 0 Å². The molecule has 2 fully saturated rings. The van der Waals surface area contributed by atoms with Gasteiger partial charge in [0.05, 0.1) is 5.60 Å². The molecule has 24 heavy (non-hydrogen) atoms. The molecule has 1 aliphatic carbocycles. The van der Waals surface area contributed by atoms with E-state index in [0.717, 1.165) is 32.4 Å². The van der Waals surface area contributed by atoms with Gasteiger partial charge in [-0.25, -0.2) is 8.42 Å². The smallest absolute Gasteiger partial charge is 0.224 e. The molecule has 0 amide bonds. The molecule has 1 N–H and O–H groups in total. The Hall–Kier alpha value is -0.950. The standard InChI is InChI=1S/C18H28N2O3S/c1-19-12-14-20(15-13-19)24(22,23)17(16-8-4-2-5-9-16)18(21)10-6-3-7-11-18/h2,4-5,8-9,17,21H,3,6-7,10-15H2,1H3/t17-/m0/s1. The number of hydrogen-bond donors (Lipinski definition) is 1. The van der Waals surface area contributed by atoms with E-state index in [0.29, 0.717) is 31.5 Å². The minimum Gasteiger partial charge on any atom is -0.388 e. The van der Waals surface area contributed by atoms with Gasteiger partial charge in [0.25, 0.3) is 0 Å². The third kappa shape index (κ3) is 3.52. The number of nitrogens with zero attached hydrogens (tertiary/aromatic N) is 2. The lowest BCUT2D eigenvalue weighted by Gasteiger charge is -2.42. The van der Waals surface area contributed by atoms with Crippen LogP contribution in [-0.2, 0) is 10.0 Å². The van der Waals surface area contributed by atoms with E-state index in [1.807, 2.05) is 37.4 Å². The molecule has 1 aliphatic heterocycles. The molecule has 0 bridgehead atoms. The van der Waals surface area contributed by atoms with Crippen LogP contribution in [0, 0.1) is 0 Å². The summed E-state index contributed by atoms with van der Waals surface area (Å²) in [4.78, 5) is 2.14. The molecule has 3 rings (SSSR count). The molecule has 1 aromatic rings. The monoisotopic (exact) mass is 352 g/mol. The molecule has 1 saturated carbocycles. The molecule has 1 saturated heterocycles. The van der Waals surface area contributed by atoms with Crippen LogP contribution in [0.4, 0.5) is 0 Å². The maximum absolute atomic E-state index is 13.4. The second kappa shape index (κ2) is 7.12. The normalized spacial score (nSPS) is 24.6. The van der Waals surface area contributed by atoms with Gasteiger partial charge >= 0.3 is 0 Å². The summed E-state index contributed by atoms with van der Waals surface area (Å²) < 4.78 is 28.5. The molecule has 2 aliphatic rings. The summed E-state index contributed by atoms with van der Waals surface area (Å²) >= 11 is 0. The van der Waals surface area contributed by atoms with Crippen molar-refractivity contribution in [1.29, 1.82) is 0 Å². The highest BCUT2D eigenvalue weighted by molar-refractivity contribution is 7.89. The molecule has 134 valence electrons. The van der Waals surface area contributed by atoms with Crippen LogP contribution in [0.15, 0.2) is 30.3 Å². The maximum Gasteiger partial charge on any atom is 0.224 e. The van der Waals surface area contributed by atoms with Crippen LogP contribution in [0.2, 0.25) is 0 Å². The summed E-state index contributed by atoms with van der Waals surface area (Å²) in [6.45, 7) is 2.47. The summed E-state index contributed by atoms with van der Waals surface area (Å²) in [6, 6.07) is 9.27. The highest BCUT2D eigenvalue weighted by Gasteiger charge is 2.48. The molecule has 1 aromatic carbocycles. The fourth-order valence-corrected chi connectivity index (χ4v) is 6.27. The average Bonchev–Trinajstić information content (AvgIpc) is 2.56. The van der Waals surface area contributed by atoms with Crippen LogP contribution in [0.5, 0.6) is 0 Å². The van der Waals surface area contributed by atoms with Gasteiger partial charge in [-0.05, 0) is 25.5 Å². The first-order valence-corrected chi connectivity index (χ1v) is 10.4. The van der Waals surface area contributed by atoms with Gasteiger partial charge in [-0.1, -0.05) is 49.6 Å². The predicted octanol–water partition coefficient (Wildman–Crippen LogP) is 2.00. The van der Waals surface area contributed by atoms with Crippen molar-refractivity contribution in [3.63, 3.8) is 0 Å². The lowest BCUT2D eigenvalue weighted by molar-refractivity contribution is -0.00233. The van der Waals surface area contributed by atoms with E-state index in [1.165, 1.54) is 0 Å². The molecule has 1 atom stereocenters. The van der Waals surface area contributed by atoms with Gasteiger partial charge in [0.1, 0.15) is 5.25 Å². The topological polar surface area (TPSA) is 60.9 Å². The van der Waals surface area contributed by atoms with E-state index in [-0.39, 0.29) is 0 Å². The van der Waals surface area contributed by atoms with Gasteiger partial charge in [-0.3, -0.25) is 0 Å². The van der Waals surface area contributed by atoms with Crippen LogP contribution < -0.4 is 0 Å². The number of likely N-dealkylation sites (N-methyl/N-ethyl adjacent to an activating group) is 1. The van der Waals surface area contributed by atoms with Crippen molar-refractivity contribution in [2.75, 3.05) is 33.2 Å². The first kappa shape index (κ1) is 17.9. The van der Waals surface area contributed by atoms with Crippen molar-refractivity contribution in [2.24, 2.45) is 0 Å². The summed E-state index contributed by atoms with van der Waals surface area (Å²) in [7, 11) is -1.59. The Labute approximate surface area is 145 Å². The Bertz CT molecular complexity index is 633. The van der Waals surface area contributed by atoms with Crippen molar-refractivity contribution in [2.45, 2.75) is 43.0 Å². The number of sulfonamides is 1. The molecule has 1 heterocycles. The summed E-state index contributed by atoms with van der Waals surface area (Å²) in [5, 5.41) is 10.4. The minimum atomic E-state index is -3.60. The Morgan fingerprint density at radius 2 is 1.58 bits per heavy atom. The summed E-state index contributed by atoms with van der Waals surface area (Å²) in [5.41, 5.74) is -0.456. The van der Waals surface area contributed by atoms with Gasteiger partial charge in [0, 0.05) is 26.2 Å². The first-order chi connectivity index (χ1) is 11.4. The molecule has 5 nitrogen and oxygen atoms in total. The Balaban J connectivity index is 1.98. The fourth-order valence-electron chi connectivity index (χ4n) is 4.01. The zero-order valence-electron chi connectivity index (χ0n) is 14.4. The van der Waals surface area contributed by atoms with Gasteiger partial charge in [-0.15, -0.1) is 0 Å². The van der Waals surface area contributed by atoms with Crippen LogP contribution in [0.3, 0.4) is 0 Å². The minimum absolute atomic E-state index is 0.498. The largest absolute Gasteiger partial charge is 0.388 e. The molecule has 0 radical (unpaired) electrons. The molecule has 0 unspecified atom stereocenters. The van der Waals surface area contributed by atoms with Gasteiger partial charge in [-0.2, -0.15) is 4.31 Å². The van der Waals surface area contributed by atoms with Crippen molar-refractivity contribution in [1.82, 2.24) is 9.21 Å². The Kier molecular flexibility index (Phi) is 5.30. The lowest BCUT2D eigenvalue weighted by atomic mass is 9.80. The van der Waals surface area contributed by atoms with E-state index in [1.54, 1.807) is 4.31 Å². The second-order valence-electron chi connectivity index (χ2n) is 7.20. The van der Waals surface area contributed by atoms with Crippen LogP contribution >= 0.6 is 0 Å². The number of piperazine rings is 1. The van der Waals surface area contributed by atoms with E-state index >= 15 is 0 Å². The zero-order valence-corrected chi connectivity index (χ0v) is 15.2. The van der Waals surface area contributed by atoms with Crippen LogP contribution in [-0.4, -0.2) is 61.6 Å². The first-order valence-electron chi connectivity index (χ1n) is 8.88. The summed E-state index contributed by atoms with van der Waals surface area (Å²) in [6.07, 6.45) is 3.95. The van der Waals surface area contributed by atoms with Crippen LogP contribution in [0.1, 0.15) is 42.9 Å². The van der Waals surface area contributed by atoms with E-state index in [4.69, 9.17) is 0 Å². The Morgan fingerprint density at radius 3 is 2.17 bits per heavy atom.